The Morgan fingerprint density at radius 3 is 2.18 bits per heavy atom. The minimum atomic E-state index is -4.28. The number of hydrogen-bond acceptors (Lipinski definition) is 2. The van der Waals surface area contributed by atoms with E-state index in [-0.39, 0.29) is 4.46 Å². The van der Waals surface area contributed by atoms with Crippen molar-refractivity contribution in [2.75, 3.05) is 0 Å². The van der Waals surface area contributed by atoms with Gasteiger partial charge in [-0.3, -0.25) is 0 Å². The van der Waals surface area contributed by atoms with Gasteiger partial charge in [0.05, 0.1) is 0 Å². The first kappa shape index (κ1) is 8.72. The van der Waals surface area contributed by atoms with Crippen LogP contribution in [0.15, 0.2) is 24.3 Å². The number of halogens is 1. The Bertz CT molecular complexity index is 356. The standard InChI is InChI=1S/C7H7ClO2Se/c1-6-4-2-3-5-7(6)11(8,9)10/h2-5H,1H3. The van der Waals surface area contributed by atoms with E-state index < -0.39 is 11.8 Å². The molecule has 0 bridgehead atoms. The molecule has 1 aromatic rings. The molecular weight excluding hydrogens is 230 g/mol. The van der Waals surface area contributed by atoms with Gasteiger partial charge in [-0.2, -0.15) is 0 Å². The molecule has 0 aliphatic heterocycles. The number of benzene rings is 1. The molecule has 1 rings (SSSR count). The molecule has 0 saturated carbocycles. The maximum atomic E-state index is 10.9. The van der Waals surface area contributed by atoms with Crippen LogP contribution in [0, 0.1) is 6.92 Å². The van der Waals surface area contributed by atoms with E-state index >= 15 is 0 Å². The van der Waals surface area contributed by atoms with Crippen LogP contribution in [0.25, 0.3) is 0 Å². The van der Waals surface area contributed by atoms with E-state index in [0.29, 0.717) is 5.56 Å². The Kier molecular flexibility index (Phi) is 2.33. The van der Waals surface area contributed by atoms with E-state index in [4.69, 9.17) is 10.1 Å². The quantitative estimate of drug-likeness (QED) is 0.689. The van der Waals surface area contributed by atoms with Crippen LogP contribution in [0.2, 0.25) is 0 Å². The van der Waals surface area contributed by atoms with Gasteiger partial charge in [0.25, 0.3) is 0 Å². The Balaban J connectivity index is 3.37. The number of rotatable bonds is 1. The van der Waals surface area contributed by atoms with Gasteiger partial charge in [0.15, 0.2) is 0 Å². The Labute approximate surface area is 71.0 Å². The first-order chi connectivity index (χ1) is 5.02. The Hall–Kier alpha value is -0.371. The zero-order valence-electron chi connectivity index (χ0n) is 5.91. The molecule has 0 unspecified atom stereocenters. The van der Waals surface area contributed by atoms with E-state index in [9.17, 15) is 7.67 Å². The van der Waals surface area contributed by atoms with Crippen LogP contribution in [0.1, 0.15) is 5.56 Å². The van der Waals surface area contributed by atoms with Crippen molar-refractivity contribution in [3.63, 3.8) is 0 Å². The van der Waals surface area contributed by atoms with E-state index in [1.54, 1.807) is 25.1 Å². The summed E-state index contributed by atoms with van der Waals surface area (Å²) < 4.78 is 22.0. The molecule has 0 heterocycles. The van der Waals surface area contributed by atoms with Crippen molar-refractivity contribution in [3.05, 3.63) is 29.8 Å². The van der Waals surface area contributed by atoms with Gasteiger partial charge in [0.2, 0.25) is 0 Å². The van der Waals surface area contributed by atoms with Crippen molar-refractivity contribution in [3.8, 4) is 0 Å². The Morgan fingerprint density at radius 2 is 1.82 bits per heavy atom. The topological polar surface area (TPSA) is 34.1 Å². The predicted molar refractivity (Wildman–Crippen MR) is 43.8 cm³/mol. The molecule has 1 aromatic carbocycles. The molecule has 0 aromatic heterocycles. The average Bonchev–Trinajstić information content (AvgIpc) is 1.86. The van der Waals surface area contributed by atoms with E-state index in [1.807, 2.05) is 0 Å². The van der Waals surface area contributed by atoms with Crippen molar-refractivity contribution in [2.24, 2.45) is 0 Å². The molecule has 0 amide bonds. The SMILES string of the molecule is Cc1ccccc1[Se](=O)(=O)Cl. The second-order valence-corrected chi connectivity index (χ2v) is 7.07. The summed E-state index contributed by atoms with van der Waals surface area (Å²) in [5.74, 6) is 0. The molecular formula is C7H7ClO2Se. The third-order valence-electron chi connectivity index (χ3n) is 1.36. The summed E-state index contributed by atoms with van der Waals surface area (Å²) in [5.41, 5.74) is 0.701. The number of hydrogen-bond donors (Lipinski definition) is 0. The van der Waals surface area contributed by atoms with Crippen LogP contribution in [0.3, 0.4) is 0 Å². The van der Waals surface area contributed by atoms with E-state index in [0.717, 1.165) is 0 Å². The van der Waals surface area contributed by atoms with Crippen molar-refractivity contribution in [1.82, 2.24) is 0 Å². The summed E-state index contributed by atoms with van der Waals surface area (Å²) >= 11 is -4.28. The zero-order valence-corrected chi connectivity index (χ0v) is 8.38. The van der Waals surface area contributed by atoms with Crippen molar-refractivity contribution >= 4 is 26.4 Å². The summed E-state index contributed by atoms with van der Waals surface area (Å²) in [7, 11) is 5.21. The molecule has 4 heteroatoms. The van der Waals surface area contributed by atoms with Gasteiger partial charge in [0.1, 0.15) is 0 Å². The van der Waals surface area contributed by atoms with Crippen LogP contribution >= 0.6 is 10.1 Å². The molecule has 60 valence electrons. The van der Waals surface area contributed by atoms with Gasteiger partial charge >= 0.3 is 70.8 Å². The van der Waals surface area contributed by atoms with Crippen molar-refractivity contribution in [1.29, 1.82) is 0 Å². The van der Waals surface area contributed by atoms with Gasteiger partial charge in [-0.05, 0) is 0 Å². The van der Waals surface area contributed by atoms with Gasteiger partial charge < -0.3 is 0 Å². The van der Waals surface area contributed by atoms with Crippen LogP contribution < -0.4 is 4.46 Å². The summed E-state index contributed by atoms with van der Waals surface area (Å²) in [6, 6.07) is 6.67. The van der Waals surface area contributed by atoms with E-state index in [2.05, 4.69) is 0 Å². The fourth-order valence-corrected chi connectivity index (χ4v) is 3.19. The van der Waals surface area contributed by atoms with Crippen LogP contribution in [-0.2, 0) is 7.67 Å². The van der Waals surface area contributed by atoms with Crippen molar-refractivity contribution in [2.45, 2.75) is 6.92 Å². The molecule has 0 radical (unpaired) electrons. The van der Waals surface area contributed by atoms with Crippen LogP contribution in [0.4, 0.5) is 0 Å². The third kappa shape index (κ3) is 2.03. The second kappa shape index (κ2) is 2.94. The Morgan fingerprint density at radius 1 is 1.27 bits per heavy atom. The molecule has 0 atom stereocenters. The summed E-state index contributed by atoms with van der Waals surface area (Å²) in [5, 5.41) is 0. The maximum absolute atomic E-state index is 10.9. The molecule has 0 fully saturated rings. The zero-order chi connectivity index (χ0) is 8.48. The molecule has 2 nitrogen and oxygen atoms in total. The molecule has 0 spiro atoms. The minimum absolute atomic E-state index is 0.255. The normalized spacial score (nSPS) is 11.5. The van der Waals surface area contributed by atoms with Gasteiger partial charge in [-0.15, -0.1) is 0 Å². The first-order valence-corrected chi connectivity index (χ1v) is 7.53. The van der Waals surface area contributed by atoms with Crippen LogP contribution in [-0.4, -0.2) is 11.8 Å². The van der Waals surface area contributed by atoms with E-state index in [1.165, 1.54) is 6.07 Å². The first-order valence-electron chi connectivity index (χ1n) is 3.02. The fraction of sp³-hybridized carbons (Fsp3) is 0.143. The van der Waals surface area contributed by atoms with Crippen LogP contribution in [0.5, 0.6) is 0 Å². The molecule has 0 aliphatic carbocycles. The summed E-state index contributed by atoms with van der Waals surface area (Å²) in [4.78, 5) is 0. The predicted octanol–water partition coefficient (Wildman–Crippen LogP) is 1.24. The average molecular weight is 238 g/mol. The second-order valence-electron chi connectivity index (χ2n) is 2.20. The molecule has 0 aliphatic rings. The monoisotopic (exact) mass is 238 g/mol. The molecule has 11 heavy (non-hydrogen) atoms. The third-order valence-corrected chi connectivity index (χ3v) is 4.28. The summed E-state index contributed by atoms with van der Waals surface area (Å²) in [6.07, 6.45) is 0. The molecule has 0 saturated heterocycles. The van der Waals surface area contributed by atoms with Gasteiger partial charge in [0, 0.05) is 0 Å². The number of aryl methyl sites for hydroxylation is 1. The van der Waals surface area contributed by atoms with Gasteiger partial charge in [-0.25, -0.2) is 0 Å². The fourth-order valence-electron chi connectivity index (χ4n) is 0.830. The molecule has 0 N–H and O–H groups in total. The van der Waals surface area contributed by atoms with Crippen molar-refractivity contribution < 1.29 is 7.67 Å². The van der Waals surface area contributed by atoms with Gasteiger partial charge in [-0.1, -0.05) is 0 Å². The summed E-state index contributed by atoms with van der Waals surface area (Å²) in [6.45, 7) is 1.72.